The largest absolute Gasteiger partial charge is 0.384 e. The van der Waals surface area contributed by atoms with Crippen LogP contribution in [0.5, 0.6) is 0 Å². The molecule has 1 aromatic carbocycles. The quantitative estimate of drug-likeness (QED) is 0.648. The fraction of sp³-hybridized carbons (Fsp3) is 0.500. The van der Waals surface area contributed by atoms with Gasteiger partial charge in [-0.1, -0.05) is 24.4 Å². The summed E-state index contributed by atoms with van der Waals surface area (Å²) in [6.07, 6.45) is 5.05. The van der Waals surface area contributed by atoms with Crippen molar-refractivity contribution in [2.75, 3.05) is 11.4 Å². The van der Waals surface area contributed by atoms with Crippen LogP contribution in [0.3, 0.4) is 0 Å². The highest BCUT2D eigenvalue weighted by Gasteiger charge is 2.23. The second-order valence-electron chi connectivity index (χ2n) is 4.80. The van der Waals surface area contributed by atoms with Gasteiger partial charge >= 0.3 is 0 Å². The van der Waals surface area contributed by atoms with Crippen LogP contribution in [0.1, 0.15) is 38.2 Å². The van der Waals surface area contributed by atoms with Crippen molar-refractivity contribution in [3.05, 3.63) is 28.8 Å². The summed E-state index contributed by atoms with van der Waals surface area (Å²) in [5.41, 5.74) is 7.46. The van der Waals surface area contributed by atoms with E-state index in [-0.39, 0.29) is 5.84 Å². The molecule has 0 atom stereocenters. The molecule has 0 amide bonds. The van der Waals surface area contributed by atoms with Gasteiger partial charge in [0.15, 0.2) is 0 Å². The first-order valence-corrected chi connectivity index (χ1v) is 6.92. The number of nitrogens with one attached hydrogen (secondary N) is 1. The van der Waals surface area contributed by atoms with Crippen molar-refractivity contribution in [3.63, 3.8) is 0 Å². The number of halogens is 1. The molecule has 0 heterocycles. The summed E-state index contributed by atoms with van der Waals surface area (Å²) in [5, 5.41) is 8.34. The fourth-order valence-electron chi connectivity index (χ4n) is 2.82. The number of nitrogen functional groups attached to an aromatic ring is 1. The molecule has 1 saturated carbocycles. The number of hydrogen-bond acceptors (Lipinski definition) is 2. The van der Waals surface area contributed by atoms with Crippen LogP contribution >= 0.6 is 11.6 Å². The highest BCUT2D eigenvalue weighted by atomic mass is 35.5. The second-order valence-corrected chi connectivity index (χ2v) is 5.24. The zero-order chi connectivity index (χ0) is 13.1. The van der Waals surface area contributed by atoms with Gasteiger partial charge < -0.3 is 10.6 Å². The number of nitrogens with two attached hydrogens (primary N) is 1. The van der Waals surface area contributed by atoms with Crippen molar-refractivity contribution < 1.29 is 0 Å². The van der Waals surface area contributed by atoms with E-state index in [1.165, 1.54) is 25.7 Å². The molecule has 0 unspecified atom stereocenters. The van der Waals surface area contributed by atoms with Crippen LogP contribution in [0.15, 0.2) is 18.2 Å². The molecule has 98 valence electrons. The van der Waals surface area contributed by atoms with E-state index in [1.807, 2.05) is 12.1 Å². The van der Waals surface area contributed by atoms with Crippen molar-refractivity contribution in [1.29, 1.82) is 5.41 Å². The average Bonchev–Trinajstić information content (AvgIpc) is 2.85. The molecule has 3 nitrogen and oxygen atoms in total. The second kappa shape index (κ2) is 5.61. The molecule has 0 aromatic heterocycles. The van der Waals surface area contributed by atoms with Crippen molar-refractivity contribution >= 4 is 23.1 Å². The van der Waals surface area contributed by atoms with Gasteiger partial charge in [0.05, 0.1) is 0 Å². The topological polar surface area (TPSA) is 53.1 Å². The average molecular weight is 266 g/mol. The van der Waals surface area contributed by atoms with Crippen LogP contribution in [-0.2, 0) is 0 Å². The molecule has 0 bridgehead atoms. The molecule has 1 fully saturated rings. The third-order valence-electron chi connectivity index (χ3n) is 3.66. The van der Waals surface area contributed by atoms with E-state index in [0.29, 0.717) is 11.1 Å². The molecule has 0 radical (unpaired) electrons. The summed E-state index contributed by atoms with van der Waals surface area (Å²) in [6, 6.07) is 6.23. The first-order valence-electron chi connectivity index (χ1n) is 6.54. The first kappa shape index (κ1) is 13.2. The Morgan fingerprint density at radius 1 is 1.44 bits per heavy atom. The molecule has 0 saturated heterocycles. The number of benzene rings is 1. The summed E-state index contributed by atoms with van der Waals surface area (Å²) < 4.78 is 0. The van der Waals surface area contributed by atoms with Gasteiger partial charge in [0.25, 0.3) is 0 Å². The lowest BCUT2D eigenvalue weighted by atomic mass is 10.1. The molecule has 0 aliphatic heterocycles. The minimum Gasteiger partial charge on any atom is -0.384 e. The highest BCUT2D eigenvalue weighted by molar-refractivity contribution is 6.31. The Bertz CT molecular complexity index is 439. The standard InChI is InChI=1S/C14H20ClN3/c1-2-18(11-5-3-4-6-11)13-8-7-10(15)9-12(13)14(16)17/h7-9,11H,2-6H2,1H3,(H3,16,17). The lowest BCUT2D eigenvalue weighted by Crippen LogP contribution is -2.34. The van der Waals surface area contributed by atoms with Gasteiger partial charge in [-0.3, -0.25) is 5.41 Å². The van der Waals surface area contributed by atoms with E-state index in [4.69, 9.17) is 22.7 Å². The maximum absolute atomic E-state index is 7.70. The van der Waals surface area contributed by atoms with Crippen molar-refractivity contribution in [3.8, 4) is 0 Å². The van der Waals surface area contributed by atoms with Crippen molar-refractivity contribution in [2.24, 2.45) is 5.73 Å². The third-order valence-corrected chi connectivity index (χ3v) is 3.90. The Morgan fingerprint density at radius 3 is 2.67 bits per heavy atom. The van der Waals surface area contributed by atoms with Gasteiger partial charge in [0.1, 0.15) is 5.84 Å². The highest BCUT2D eigenvalue weighted by Crippen LogP contribution is 2.31. The van der Waals surface area contributed by atoms with Gasteiger partial charge in [-0.05, 0) is 38.0 Å². The Balaban J connectivity index is 2.37. The summed E-state index contributed by atoms with van der Waals surface area (Å²) in [5.74, 6) is 0.0870. The number of amidine groups is 1. The first-order chi connectivity index (χ1) is 8.63. The van der Waals surface area contributed by atoms with Crippen LogP contribution in [0, 0.1) is 5.41 Å². The van der Waals surface area contributed by atoms with Crippen LogP contribution < -0.4 is 10.6 Å². The van der Waals surface area contributed by atoms with Gasteiger partial charge in [0, 0.05) is 28.9 Å². The monoisotopic (exact) mass is 265 g/mol. The maximum Gasteiger partial charge on any atom is 0.124 e. The summed E-state index contributed by atoms with van der Waals surface area (Å²) in [6.45, 7) is 3.09. The smallest absolute Gasteiger partial charge is 0.124 e. The van der Waals surface area contributed by atoms with Crippen LogP contribution in [-0.4, -0.2) is 18.4 Å². The van der Waals surface area contributed by atoms with E-state index in [1.54, 1.807) is 6.07 Å². The molecular formula is C14H20ClN3. The third kappa shape index (κ3) is 2.61. The molecule has 0 spiro atoms. The molecule has 1 aliphatic rings. The maximum atomic E-state index is 7.70. The lowest BCUT2D eigenvalue weighted by Gasteiger charge is -2.31. The van der Waals surface area contributed by atoms with Crippen molar-refractivity contribution in [2.45, 2.75) is 38.6 Å². The van der Waals surface area contributed by atoms with Gasteiger partial charge in [-0.2, -0.15) is 0 Å². The molecule has 1 aliphatic carbocycles. The number of hydrogen-bond donors (Lipinski definition) is 2. The zero-order valence-electron chi connectivity index (χ0n) is 10.7. The van der Waals surface area contributed by atoms with Crippen LogP contribution in [0.2, 0.25) is 5.02 Å². The van der Waals surface area contributed by atoms with E-state index in [9.17, 15) is 0 Å². The summed E-state index contributed by atoms with van der Waals surface area (Å²) in [7, 11) is 0. The molecule has 4 heteroatoms. The van der Waals surface area contributed by atoms with Crippen LogP contribution in [0.25, 0.3) is 0 Å². The normalized spacial score (nSPS) is 15.9. The number of anilines is 1. The predicted octanol–water partition coefficient (Wildman–Crippen LogP) is 3.39. The van der Waals surface area contributed by atoms with E-state index in [0.717, 1.165) is 17.8 Å². The predicted molar refractivity (Wildman–Crippen MR) is 77.7 cm³/mol. The van der Waals surface area contributed by atoms with Gasteiger partial charge in [-0.25, -0.2) is 0 Å². The van der Waals surface area contributed by atoms with E-state index >= 15 is 0 Å². The molecule has 2 rings (SSSR count). The molecule has 18 heavy (non-hydrogen) atoms. The van der Waals surface area contributed by atoms with Gasteiger partial charge in [-0.15, -0.1) is 0 Å². The van der Waals surface area contributed by atoms with Gasteiger partial charge in [0.2, 0.25) is 0 Å². The fourth-order valence-corrected chi connectivity index (χ4v) is 2.99. The Hall–Kier alpha value is -1.22. The molecule has 1 aromatic rings. The van der Waals surface area contributed by atoms with E-state index < -0.39 is 0 Å². The Kier molecular flexibility index (Phi) is 4.12. The summed E-state index contributed by atoms with van der Waals surface area (Å²) in [4.78, 5) is 2.36. The molecule has 3 N–H and O–H groups in total. The number of nitrogens with zero attached hydrogens (tertiary/aromatic N) is 1. The van der Waals surface area contributed by atoms with Crippen molar-refractivity contribution in [1.82, 2.24) is 0 Å². The Labute approximate surface area is 113 Å². The summed E-state index contributed by atoms with van der Waals surface area (Å²) >= 11 is 6.00. The lowest BCUT2D eigenvalue weighted by molar-refractivity contribution is 0.619. The molecular weight excluding hydrogens is 246 g/mol. The Morgan fingerprint density at radius 2 is 2.11 bits per heavy atom. The zero-order valence-corrected chi connectivity index (χ0v) is 11.5. The van der Waals surface area contributed by atoms with Crippen LogP contribution in [0.4, 0.5) is 5.69 Å². The number of rotatable bonds is 4. The van der Waals surface area contributed by atoms with E-state index in [2.05, 4.69) is 11.8 Å². The minimum absolute atomic E-state index is 0.0870. The SMILES string of the molecule is CCN(c1ccc(Cl)cc1C(=N)N)C1CCCC1. The minimum atomic E-state index is 0.0870.